The number of benzene rings is 1. The lowest BCUT2D eigenvalue weighted by molar-refractivity contribution is -0.0266. The van der Waals surface area contributed by atoms with Crippen LogP contribution in [-0.2, 0) is 6.42 Å². The van der Waals surface area contributed by atoms with Crippen LogP contribution in [-0.4, -0.2) is 22.4 Å². The summed E-state index contributed by atoms with van der Waals surface area (Å²) >= 11 is 3.20. The van der Waals surface area contributed by atoms with Gasteiger partial charge in [0.05, 0.1) is 12.2 Å². The highest BCUT2D eigenvalue weighted by atomic mass is 79.9. The molecule has 1 aromatic rings. The summed E-state index contributed by atoms with van der Waals surface area (Å²) in [5.74, 6) is -0.188. The third kappa shape index (κ3) is 4.01. The Morgan fingerprint density at radius 1 is 1.21 bits per heavy atom. The van der Waals surface area contributed by atoms with Gasteiger partial charge in [-0.05, 0) is 36.5 Å². The maximum atomic E-state index is 13.7. The molecule has 1 aliphatic carbocycles. The number of halogens is 2. The second-order valence-electron chi connectivity index (χ2n) is 5.40. The van der Waals surface area contributed by atoms with Gasteiger partial charge >= 0.3 is 0 Å². The van der Waals surface area contributed by atoms with Gasteiger partial charge in [0, 0.05) is 10.9 Å². The summed E-state index contributed by atoms with van der Waals surface area (Å²) < 4.78 is 14.4. The van der Waals surface area contributed by atoms with Crippen LogP contribution in [0.5, 0.6) is 0 Å². The Labute approximate surface area is 121 Å². The largest absolute Gasteiger partial charge is 0.390 e. The monoisotopic (exact) mass is 330 g/mol. The van der Waals surface area contributed by atoms with Crippen molar-refractivity contribution in [1.82, 2.24) is 0 Å². The molecule has 2 atom stereocenters. The molecule has 106 valence electrons. The Balaban J connectivity index is 1.97. The average molecular weight is 331 g/mol. The predicted octanol–water partition coefficient (Wildman–Crippen LogP) is 3.43. The SMILES string of the molecule is OC(Cc1ccc(Br)cc1F)C(O)C1CCCCC1. The predicted molar refractivity (Wildman–Crippen MR) is 76.4 cm³/mol. The van der Waals surface area contributed by atoms with Crippen molar-refractivity contribution < 1.29 is 14.6 Å². The van der Waals surface area contributed by atoms with Gasteiger partial charge in [0.25, 0.3) is 0 Å². The van der Waals surface area contributed by atoms with E-state index in [1.807, 2.05) is 0 Å². The van der Waals surface area contributed by atoms with E-state index < -0.39 is 12.2 Å². The van der Waals surface area contributed by atoms with E-state index in [0.717, 1.165) is 25.7 Å². The summed E-state index contributed by atoms with van der Waals surface area (Å²) in [6, 6.07) is 4.78. The van der Waals surface area contributed by atoms with Crippen molar-refractivity contribution in [2.45, 2.75) is 50.7 Å². The lowest BCUT2D eigenvalue weighted by Gasteiger charge is -2.29. The topological polar surface area (TPSA) is 40.5 Å². The van der Waals surface area contributed by atoms with Crippen molar-refractivity contribution >= 4 is 15.9 Å². The molecule has 0 aliphatic heterocycles. The minimum absolute atomic E-state index is 0.155. The normalized spacial score (nSPS) is 20.2. The van der Waals surface area contributed by atoms with E-state index >= 15 is 0 Å². The fourth-order valence-corrected chi connectivity index (χ4v) is 3.16. The summed E-state index contributed by atoms with van der Waals surface area (Å²) in [6.07, 6.45) is 3.88. The van der Waals surface area contributed by atoms with E-state index in [4.69, 9.17) is 0 Å². The zero-order valence-electron chi connectivity index (χ0n) is 10.9. The fraction of sp³-hybridized carbons (Fsp3) is 0.600. The molecule has 0 heterocycles. The second-order valence-corrected chi connectivity index (χ2v) is 6.31. The number of rotatable bonds is 4. The Kier molecular flexibility index (Phi) is 5.37. The van der Waals surface area contributed by atoms with E-state index in [-0.39, 0.29) is 18.2 Å². The Bertz CT molecular complexity index is 419. The van der Waals surface area contributed by atoms with Crippen LogP contribution in [0, 0.1) is 11.7 Å². The molecule has 0 saturated heterocycles. The lowest BCUT2D eigenvalue weighted by Crippen LogP contribution is -2.36. The van der Waals surface area contributed by atoms with Gasteiger partial charge in [0.2, 0.25) is 0 Å². The average Bonchev–Trinajstić information content (AvgIpc) is 2.42. The number of hydrogen-bond donors (Lipinski definition) is 2. The van der Waals surface area contributed by atoms with Crippen molar-refractivity contribution in [3.05, 3.63) is 34.1 Å². The van der Waals surface area contributed by atoms with Crippen LogP contribution < -0.4 is 0 Å². The van der Waals surface area contributed by atoms with Gasteiger partial charge in [-0.2, -0.15) is 0 Å². The minimum Gasteiger partial charge on any atom is -0.390 e. The van der Waals surface area contributed by atoms with Crippen molar-refractivity contribution in [2.24, 2.45) is 5.92 Å². The number of aliphatic hydroxyl groups excluding tert-OH is 2. The van der Waals surface area contributed by atoms with Gasteiger partial charge in [0.15, 0.2) is 0 Å². The van der Waals surface area contributed by atoms with Crippen LogP contribution in [0.25, 0.3) is 0 Å². The van der Waals surface area contributed by atoms with Crippen molar-refractivity contribution in [1.29, 1.82) is 0 Å². The molecule has 0 bridgehead atoms. The van der Waals surface area contributed by atoms with E-state index in [0.29, 0.717) is 10.0 Å². The molecule has 1 aliphatic rings. The quantitative estimate of drug-likeness (QED) is 0.887. The molecule has 19 heavy (non-hydrogen) atoms. The van der Waals surface area contributed by atoms with E-state index in [9.17, 15) is 14.6 Å². The molecule has 4 heteroatoms. The van der Waals surface area contributed by atoms with Crippen LogP contribution in [0.15, 0.2) is 22.7 Å². The van der Waals surface area contributed by atoms with Gasteiger partial charge in [0.1, 0.15) is 5.82 Å². The van der Waals surface area contributed by atoms with Crippen molar-refractivity contribution in [3.8, 4) is 0 Å². The van der Waals surface area contributed by atoms with Crippen molar-refractivity contribution in [2.75, 3.05) is 0 Å². The molecule has 0 spiro atoms. The summed E-state index contributed by atoms with van der Waals surface area (Å²) in [4.78, 5) is 0. The van der Waals surface area contributed by atoms with Gasteiger partial charge < -0.3 is 10.2 Å². The van der Waals surface area contributed by atoms with Gasteiger partial charge in [-0.1, -0.05) is 41.3 Å². The highest BCUT2D eigenvalue weighted by molar-refractivity contribution is 9.10. The smallest absolute Gasteiger partial charge is 0.127 e. The van der Waals surface area contributed by atoms with Gasteiger partial charge in [-0.15, -0.1) is 0 Å². The lowest BCUT2D eigenvalue weighted by atomic mass is 9.82. The van der Waals surface area contributed by atoms with Crippen LogP contribution in [0.2, 0.25) is 0 Å². The molecule has 2 unspecified atom stereocenters. The third-order valence-electron chi connectivity index (χ3n) is 3.97. The highest BCUT2D eigenvalue weighted by Gasteiger charge is 2.28. The standard InChI is InChI=1S/C15H20BrFO2/c16-12-7-6-11(13(17)9-12)8-14(18)15(19)10-4-2-1-3-5-10/h6-7,9-10,14-15,18-19H,1-5,8H2. The minimum atomic E-state index is -0.890. The van der Waals surface area contributed by atoms with Gasteiger partial charge in [-0.3, -0.25) is 0 Å². The van der Waals surface area contributed by atoms with Crippen LogP contribution in [0.3, 0.4) is 0 Å². The first kappa shape index (κ1) is 14.9. The van der Waals surface area contributed by atoms with E-state index in [1.165, 1.54) is 12.5 Å². The van der Waals surface area contributed by atoms with Gasteiger partial charge in [-0.25, -0.2) is 4.39 Å². The molecule has 2 rings (SSSR count). The molecule has 2 nitrogen and oxygen atoms in total. The highest BCUT2D eigenvalue weighted by Crippen LogP contribution is 2.29. The number of hydrogen-bond acceptors (Lipinski definition) is 2. The molecule has 1 saturated carbocycles. The zero-order valence-corrected chi connectivity index (χ0v) is 12.4. The molecule has 0 aromatic heterocycles. The molecule has 0 amide bonds. The third-order valence-corrected chi connectivity index (χ3v) is 4.46. The molecule has 1 aromatic carbocycles. The molecule has 0 radical (unpaired) electrons. The summed E-state index contributed by atoms with van der Waals surface area (Å²) in [5.41, 5.74) is 0.450. The van der Waals surface area contributed by atoms with Crippen LogP contribution in [0.4, 0.5) is 4.39 Å². The van der Waals surface area contributed by atoms with Crippen LogP contribution in [0.1, 0.15) is 37.7 Å². The summed E-state index contributed by atoms with van der Waals surface area (Å²) in [7, 11) is 0. The first-order valence-corrected chi connectivity index (χ1v) is 7.67. The Morgan fingerprint density at radius 3 is 2.53 bits per heavy atom. The van der Waals surface area contributed by atoms with E-state index in [1.54, 1.807) is 12.1 Å². The van der Waals surface area contributed by atoms with Crippen molar-refractivity contribution in [3.63, 3.8) is 0 Å². The Hall–Kier alpha value is -0.450. The first-order valence-electron chi connectivity index (χ1n) is 6.88. The maximum Gasteiger partial charge on any atom is 0.127 e. The number of aliphatic hydroxyl groups is 2. The fourth-order valence-electron chi connectivity index (χ4n) is 2.82. The molecular formula is C15H20BrFO2. The first-order chi connectivity index (χ1) is 9.08. The summed E-state index contributed by atoms with van der Waals surface area (Å²) in [5, 5.41) is 20.3. The zero-order chi connectivity index (χ0) is 13.8. The second kappa shape index (κ2) is 6.82. The molecular weight excluding hydrogens is 311 g/mol. The maximum absolute atomic E-state index is 13.7. The summed E-state index contributed by atoms with van der Waals surface area (Å²) in [6.45, 7) is 0. The van der Waals surface area contributed by atoms with E-state index in [2.05, 4.69) is 15.9 Å². The van der Waals surface area contributed by atoms with Crippen LogP contribution >= 0.6 is 15.9 Å². The molecule has 2 N–H and O–H groups in total. The molecule has 1 fully saturated rings. The Morgan fingerprint density at radius 2 is 1.89 bits per heavy atom.